The van der Waals surface area contributed by atoms with Gasteiger partial charge in [-0.05, 0) is 44.4 Å². The topological polar surface area (TPSA) is 37.4 Å². The molecule has 0 spiro atoms. The SMILES string of the molecule is CCOCCN(CC)c1cc(CNC2CC2)ccn1. The first-order valence-corrected chi connectivity index (χ1v) is 7.34. The quantitative estimate of drug-likeness (QED) is 0.693. The van der Waals surface area contributed by atoms with E-state index >= 15 is 0 Å². The van der Waals surface area contributed by atoms with Crippen LogP contribution in [0.15, 0.2) is 18.3 Å². The van der Waals surface area contributed by atoms with Crippen molar-refractivity contribution in [2.24, 2.45) is 0 Å². The zero-order chi connectivity index (χ0) is 13.5. The lowest BCUT2D eigenvalue weighted by atomic mass is 10.2. The van der Waals surface area contributed by atoms with Gasteiger partial charge >= 0.3 is 0 Å². The van der Waals surface area contributed by atoms with E-state index in [1.165, 1.54) is 18.4 Å². The molecular formula is C15H25N3O. The van der Waals surface area contributed by atoms with Gasteiger partial charge in [0.2, 0.25) is 0 Å². The van der Waals surface area contributed by atoms with Crippen LogP contribution in [0.4, 0.5) is 5.82 Å². The van der Waals surface area contributed by atoms with Crippen LogP contribution in [0.5, 0.6) is 0 Å². The van der Waals surface area contributed by atoms with Crippen molar-refractivity contribution >= 4 is 5.82 Å². The first-order chi connectivity index (χ1) is 9.33. The maximum absolute atomic E-state index is 5.42. The van der Waals surface area contributed by atoms with Crippen LogP contribution in [0.2, 0.25) is 0 Å². The van der Waals surface area contributed by atoms with Crippen LogP contribution in [-0.4, -0.2) is 37.3 Å². The lowest BCUT2D eigenvalue weighted by Gasteiger charge is -2.22. The van der Waals surface area contributed by atoms with Gasteiger partial charge in [-0.15, -0.1) is 0 Å². The molecular weight excluding hydrogens is 238 g/mol. The third-order valence-corrected chi connectivity index (χ3v) is 3.40. The number of nitrogens with one attached hydrogen (secondary N) is 1. The summed E-state index contributed by atoms with van der Waals surface area (Å²) in [6.07, 6.45) is 4.56. The second kappa shape index (κ2) is 7.46. The summed E-state index contributed by atoms with van der Waals surface area (Å²) in [5.41, 5.74) is 1.31. The molecule has 0 bridgehead atoms. The fourth-order valence-electron chi connectivity index (χ4n) is 2.05. The normalized spacial score (nSPS) is 14.6. The molecule has 1 heterocycles. The second-order valence-electron chi connectivity index (χ2n) is 4.95. The van der Waals surface area contributed by atoms with Crippen molar-refractivity contribution in [1.82, 2.24) is 10.3 Å². The molecule has 4 heteroatoms. The van der Waals surface area contributed by atoms with Crippen molar-refractivity contribution in [2.75, 3.05) is 31.2 Å². The molecule has 0 radical (unpaired) electrons. The molecule has 0 unspecified atom stereocenters. The van der Waals surface area contributed by atoms with E-state index in [2.05, 4.69) is 34.3 Å². The molecule has 0 atom stereocenters. The number of pyridine rings is 1. The van der Waals surface area contributed by atoms with Gasteiger partial charge in [-0.25, -0.2) is 4.98 Å². The van der Waals surface area contributed by atoms with E-state index in [-0.39, 0.29) is 0 Å². The van der Waals surface area contributed by atoms with Gasteiger partial charge in [0.25, 0.3) is 0 Å². The Morgan fingerprint density at radius 3 is 2.95 bits per heavy atom. The smallest absolute Gasteiger partial charge is 0.128 e. The number of hydrogen-bond donors (Lipinski definition) is 1. The summed E-state index contributed by atoms with van der Waals surface area (Å²) in [6.45, 7) is 8.52. The number of aromatic nitrogens is 1. The van der Waals surface area contributed by atoms with E-state index in [0.29, 0.717) is 0 Å². The van der Waals surface area contributed by atoms with Gasteiger partial charge in [-0.3, -0.25) is 0 Å². The summed E-state index contributed by atoms with van der Waals surface area (Å²) >= 11 is 0. The van der Waals surface area contributed by atoms with E-state index < -0.39 is 0 Å². The molecule has 0 amide bonds. The molecule has 106 valence electrons. The number of nitrogens with zero attached hydrogens (tertiary/aromatic N) is 2. The summed E-state index contributed by atoms with van der Waals surface area (Å²) in [5.74, 6) is 1.05. The molecule has 1 aliphatic carbocycles. The fraction of sp³-hybridized carbons (Fsp3) is 0.667. The standard InChI is InChI=1S/C15H25N3O/c1-3-18(9-10-19-4-2)15-11-13(7-8-16-15)12-17-14-5-6-14/h7-8,11,14,17H,3-6,9-10,12H2,1-2H3. The molecule has 1 aromatic rings. The van der Waals surface area contributed by atoms with Crippen LogP contribution in [0.1, 0.15) is 32.3 Å². The zero-order valence-electron chi connectivity index (χ0n) is 12.1. The maximum Gasteiger partial charge on any atom is 0.128 e. The maximum atomic E-state index is 5.42. The molecule has 4 nitrogen and oxygen atoms in total. The van der Waals surface area contributed by atoms with Gasteiger partial charge in [0.1, 0.15) is 5.82 Å². The summed E-state index contributed by atoms with van der Waals surface area (Å²) in [4.78, 5) is 6.73. The largest absolute Gasteiger partial charge is 0.380 e. The lowest BCUT2D eigenvalue weighted by Crippen LogP contribution is -2.28. The van der Waals surface area contributed by atoms with Crippen LogP contribution < -0.4 is 10.2 Å². The van der Waals surface area contributed by atoms with Crippen molar-refractivity contribution in [1.29, 1.82) is 0 Å². The fourth-order valence-corrected chi connectivity index (χ4v) is 2.05. The van der Waals surface area contributed by atoms with Crippen molar-refractivity contribution in [2.45, 2.75) is 39.3 Å². The van der Waals surface area contributed by atoms with Crippen molar-refractivity contribution in [3.05, 3.63) is 23.9 Å². The molecule has 19 heavy (non-hydrogen) atoms. The van der Waals surface area contributed by atoms with Gasteiger partial charge in [0.05, 0.1) is 6.61 Å². The Kier molecular flexibility index (Phi) is 5.61. The second-order valence-corrected chi connectivity index (χ2v) is 4.95. The predicted molar refractivity (Wildman–Crippen MR) is 78.5 cm³/mol. The van der Waals surface area contributed by atoms with Gasteiger partial charge < -0.3 is 15.0 Å². The van der Waals surface area contributed by atoms with E-state index in [1.54, 1.807) is 0 Å². The van der Waals surface area contributed by atoms with E-state index in [0.717, 1.165) is 44.7 Å². The highest BCUT2D eigenvalue weighted by molar-refractivity contribution is 5.40. The van der Waals surface area contributed by atoms with Crippen LogP contribution in [0.25, 0.3) is 0 Å². The van der Waals surface area contributed by atoms with Crippen LogP contribution >= 0.6 is 0 Å². The first kappa shape index (κ1) is 14.3. The Morgan fingerprint density at radius 1 is 1.42 bits per heavy atom. The molecule has 0 aliphatic heterocycles. The van der Waals surface area contributed by atoms with Crippen molar-refractivity contribution in [3.63, 3.8) is 0 Å². The Morgan fingerprint density at radius 2 is 2.26 bits per heavy atom. The third kappa shape index (κ3) is 4.80. The highest BCUT2D eigenvalue weighted by Crippen LogP contribution is 2.20. The third-order valence-electron chi connectivity index (χ3n) is 3.40. The van der Waals surface area contributed by atoms with Gasteiger partial charge in [0, 0.05) is 38.5 Å². The predicted octanol–water partition coefficient (Wildman–Crippen LogP) is 2.20. The highest BCUT2D eigenvalue weighted by atomic mass is 16.5. The van der Waals surface area contributed by atoms with E-state index in [1.807, 2.05) is 13.1 Å². The highest BCUT2D eigenvalue weighted by Gasteiger charge is 2.20. The minimum absolute atomic E-state index is 0.747. The Labute approximate surface area is 116 Å². The van der Waals surface area contributed by atoms with E-state index in [4.69, 9.17) is 4.74 Å². The van der Waals surface area contributed by atoms with Gasteiger partial charge in [0.15, 0.2) is 0 Å². The number of ether oxygens (including phenoxy) is 1. The summed E-state index contributed by atoms with van der Waals surface area (Å²) in [6, 6.07) is 5.02. The van der Waals surface area contributed by atoms with Crippen molar-refractivity contribution < 1.29 is 4.74 Å². The van der Waals surface area contributed by atoms with Crippen LogP contribution in [0.3, 0.4) is 0 Å². The first-order valence-electron chi connectivity index (χ1n) is 7.34. The molecule has 2 rings (SSSR count). The summed E-state index contributed by atoms with van der Waals surface area (Å²) in [7, 11) is 0. The number of likely N-dealkylation sites (N-methyl/N-ethyl adjacent to an activating group) is 1. The molecule has 1 aliphatic rings. The zero-order valence-corrected chi connectivity index (χ0v) is 12.1. The minimum Gasteiger partial charge on any atom is -0.380 e. The molecule has 1 aromatic heterocycles. The van der Waals surface area contributed by atoms with Crippen molar-refractivity contribution in [3.8, 4) is 0 Å². The van der Waals surface area contributed by atoms with Crippen LogP contribution in [0, 0.1) is 0 Å². The summed E-state index contributed by atoms with van der Waals surface area (Å²) < 4.78 is 5.42. The molecule has 0 saturated heterocycles. The Hall–Kier alpha value is -1.13. The Balaban J connectivity index is 1.90. The van der Waals surface area contributed by atoms with Gasteiger partial charge in [-0.2, -0.15) is 0 Å². The number of anilines is 1. The van der Waals surface area contributed by atoms with Crippen LogP contribution in [-0.2, 0) is 11.3 Å². The monoisotopic (exact) mass is 263 g/mol. The number of rotatable bonds is 9. The molecule has 1 saturated carbocycles. The Bertz CT molecular complexity index is 379. The molecule has 0 aromatic carbocycles. The minimum atomic E-state index is 0.747. The summed E-state index contributed by atoms with van der Waals surface area (Å²) in [5, 5.41) is 3.54. The molecule has 1 fully saturated rings. The van der Waals surface area contributed by atoms with E-state index in [9.17, 15) is 0 Å². The average molecular weight is 263 g/mol. The average Bonchev–Trinajstić information content (AvgIpc) is 3.26. The number of hydrogen-bond acceptors (Lipinski definition) is 4. The molecule has 1 N–H and O–H groups in total. The lowest BCUT2D eigenvalue weighted by molar-refractivity contribution is 0.154. The van der Waals surface area contributed by atoms with Gasteiger partial charge in [-0.1, -0.05) is 0 Å².